The van der Waals surface area contributed by atoms with Crippen LogP contribution < -0.4 is 0 Å². The zero-order chi connectivity index (χ0) is 29.9. The first-order valence-corrected chi connectivity index (χ1v) is 17.2. The Morgan fingerprint density at radius 3 is 2.27 bits per heavy atom. The first-order valence-electron chi connectivity index (χ1n) is 17.2. The van der Waals surface area contributed by atoms with Gasteiger partial charge in [0.15, 0.2) is 6.54 Å². The van der Waals surface area contributed by atoms with E-state index in [4.69, 9.17) is 9.47 Å². The van der Waals surface area contributed by atoms with Crippen molar-refractivity contribution in [1.29, 1.82) is 0 Å². The van der Waals surface area contributed by atoms with Crippen molar-refractivity contribution in [3.05, 3.63) is 0 Å². The van der Waals surface area contributed by atoms with Crippen LogP contribution in [-0.4, -0.2) is 68.2 Å². The number of aliphatic hydroxyl groups excluding tert-OH is 1. The van der Waals surface area contributed by atoms with Crippen molar-refractivity contribution in [1.82, 2.24) is 0 Å². The molecular formula is C36H62NO4+. The van der Waals surface area contributed by atoms with Gasteiger partial charge in [-0.1, -0.05) is 48.5 Å². The van der Waals surface area contributed by atoms with Gasteiger partial charge >= 0.3 is 5.97 Å². The number of carbonyl (C=O) groups is 1. The van der Waals surface area contributed by atoms with Crippen molar-refractivity contribution in [2.45, 2.75) is 125 Å². The van der Waals surface area contributed by atoms with E-state index in [1.807, 2.05) is 14.1 Å². The third kappa shape index (κ3) is 4.20. The van der Waals surface area contributed by atoms with Gasteiger partial charge in [-0.05, 0) is 115 Å². The van der Waals surface area contributed by atoms with Gasteiger partial charge in [-0.3, -0.25) is 0 Å². The Bertz CT molecular complexity index is 1050. The second-order valence-corrected chi connectivity index (χ2v) is 18.7. The monoisotopic (exact) mass is 572 g/mol. The van der Waals surface area contributed by atoms with E-state index in [9.17, 15) is 9.90 Å². The highest BCUT2D eigenvalue weighted by molar-refractivity contribution is 5.70. The molecule has 1 N–H and O–H groups in total. The number of hydrogen-bond acceptors (Lipinski definition) is 4. The second-order valence-electron chi connectivity index (χ2n) is 18.7. The molecule has 0 radical (unpaired) electrons. The molecule has 234 valence electrons. The van der Waals surface area contributed by atoms with E-state index < -0.39 is 0 Å². The van der Waals surface area contributed by atoms with Crippen LogP contribution in [0.25, 0.3) is 0 Å². The molecule has 0 spiro atoms. The van der Waals surface area contributed by atoms with Crippen LogP contribution in [0.3, 0.4) is 0 Å². The molecule has 6 fully saturated rings. The summed E-state index contributed by atoms with van der Waals surface area (Å²) in [5, 5.41) is 9.42. The average Bonchev–Trinajstić information content (AvgIpc) is 3.19. The number of hydrogen-bond donors (Lipinski definition) is 1. The maximum atomic E-state index is 13.1. The molecule has 0 aromatic rings. The lowest BCUT2D eigenvalue weighted by atomic mass is 9.31. The number of quaternary nitrogens is 1. The third-order valence-corrected chi connectivity index (χ3v) is 15.6. The van der Waals surface area contributed by atoms with Crippen molar-refractivity contribution in [2.75, 3.05) is 40.4 Å². The number of likely N-dealkylation sites (N-methyl/N-ethyl adjacent to an activating group) is 1. The fourth-order valence-corrected chi connectivity index (χ4v) is 13.1. The molecular weight excluding hydrogens is 510 g/mol. The first kappa shape index (κ1) is 30.4. The molecule has 2 bridgehead atoms. The van der Waals surface area contributed by atoms with Crippen LogP contribution >= 0.6 is 0 Å². The van der Waals surface area contributed by atoms with Gasteiger partial charge in [0.05, 0.1) is 33.4 Å². The summed E-state index contributed by atoms with van der Waals surface area (Å²) in [6, 6.07) is 0. The molecule has 5 aliphatic carbocycles. The largest absolute Gasteiger partial charge is 0.458 e. The molecule has 1 heterocycles. The van der Waals surface area contributed by atoms with Crippen LogP contribution in [0.15, 0.2) is 0 Å². The van der Waals surface area contributed by atoms with E-state index >= 15 is 0 Å². The number of rotatable bonds is 5. The number of esters is 1. The molecule has 5 saturated carbocycles. The van der Waals surface area contributed by atoms with Gasteiger partial charge in [0.25, 0.3) is 0 Å². The van der Waals surface area contributed by atoms with Crippen LogP contribution in [-0.2, 0) is 14.3 Å². The zero-order valence-electron chi connectivity index (χ0n) is 28.0. The van der Waals surface area contributed by atoms with Gasteiger partial charge in [-0.2, -0.15) is 0 Å². The van der Waals surface area contributed by atoms with Crippen LogP contribution in [0.5, 0.6) is 0 Å². The lowest BCUT2D eigenvalue weighted by molar-refractivity contribution is -0.883. The van der Waals surface area contributed by atoms with Gasteiger partial charge in [-0.25, -0.2) is 4.79 Å². The number of carbonyl (C=O) groups excluding carboxylic acids is 1. The molecule has 0 amide bonds. The lowest BCUT2D eigenvalue weighted by Gasteiger charge is -2.73. The topological polar surface area (TPSA) is 55.8 Å². The Morgan fingerprint density at radius 1 is 0.854 bits per heavy atom. The summed E-state index contributed by atoms with van der Waals surface area (Å²) in [6.07, 6.45) is 13.3. The van der Waals surface area contributed by atoms with E-state index in [2.05, 4.69) is 48.5 Å². The van der Waals surface area contributed by atoms with E-state index in [-0.39, 0.29) is 29.5 Å². The highest BCUT2D eigenvalue weighted by Crippen LogP contribution is 2.78. The number of fused-ring (bicyclic) bond motifs is 5. The molecule has 0 aromatic carbocycles. The minimum atomic E-state index is -0.109. The first-order chi connectivity index (χ1) is 19.0. The van der Waals surface area contributed by atoms with Gasteiger partial charge in [0, 0.05) is 5.41 Å². The Hall–Kier alpha value is -0.650. The van der Waals surface area contributed by atoms with Crippen LogP contribution in [0.2, 0.25) is 0 Å². The second kappa shape index (κ2) is 9.43. The fraction of sp³-hybridized carbons (Fsp3) is 0.972. The van der Waals surface area contributed by atoms with Crippen molar-refractivity contribution in [3.63, 3.8) is 0 Å². The molecule has 1 aliphatic heterocycles. The highest BCUT2D eigenvalue weighted by atomic mass is 16.5. The van der Waals surface area contributed by atoms with Gasteiger partial charge in [-0.15, -0.1) is 0 Å². The van der Waals surface area contributed by atoms with Gasteiger partial charge < -0.3 is 19.1 Å². The van der Waals surface area contributed by atoms with Crippen LogP contribution in [0.4, 0.5) is 0 Å². The SMILES string of the molecule is CC1(C)CC[C@]23CC[C@]4(C)C(CCC5[C@@]6(C)CC[C@H](OC(=O)C[N+](C)(C)CCO)C(C)(C)C6CC[C@]54C)C2[C@@H]1OC3. The summed E-state index contributed by atoms with van der Waals surface area (Å²) in [7, 11) is 4.00. The fourth-order valence-electron chi connectivity index (χ4n) is 13.1. The molecule has 5 nitrogen and oxygen atoms in total. The average molecular weight is 573 g/mol. The number of nitrogens with zero attached hydrogens (tertiary/aromatic N) is 1. The minimum Gasteiger partial charge on any atom is -0.458 e. The van der Waals surface area contributed by atoms with Gasteiger partial charge in [0.1, 0.15) is 12.6 Å². The molecule has 6 aliphatic rings. The summed E-state index contributed by atoms with van der Waals surface area (Å²) in [5.41, 5.74) is 1.73. The van der Waals surface area contributed by atoms with E-state index in [1.165, 1.54) is 57.8 Å². The van der Waals surface area contributed by atoms with E-state index in [0.29, 0.717) is 51.3 Å². The Morgan fingerprint density at radius 2 is 1.56 bits per heavy atom. The van der Waals surface area contributed by atoms with Crippen LogP contribution in [0, 0.1) is 56.2 Å². The molecule has 6 rings (SSSR count). The Labute approximate surface area is 251 Å². The summed E-state index contributed by atoms with van der Waals surface area (Å²) in [6.45, 7) is 19.9. The summed E-state index contributed by atoms with van der Waals surface area (Å²) in [5.74, 6) is 2.73. The zero-order valence-corrected chi connectivity index (χ0v) is 28.0. The summed E-state index contributed by atoms with van der Waals surface area (Å²) < 4.78 is 13.5. The number of aliphatic hydroxyl groups is 1. The predicted molar refractivity (Wildman–Crippen MR) is 163 cm³/mol. The molecule has 1 saturated heterocycles. The maximum Gasteiger partial charge on any atom is 0.362 e. The quantitative estimate of drug-likeness (QED) is 0.289. The third-order valence-electron chi connectivity index (χ3n) is 15.6. The Kier molecular flexibility index (Phi) is 6.99. The van der Waals surface area contributed by atoms with Crippen molar-refractivity contribution in [2.24, 2.45) is 56.2 Å². The minimum absolute atomic E-state index is 0.0229. The molecule has 5 heteroatoms. The van der Waals surface area contributed by atoms with Gasteiger partial charge in [0.2, 0.25) is 0 Å². The van der Waals surface area contributed by atoms with Crippen molar-refractivity contribution in [3.8, 4) is 0 Å². The maximum absolute atomic E-state index is 13.1. The molecule has 41 heavy (non-hydrogen) atoms. The van der Waals surface area contributed by atoms with Crippen LogP contribution in [0.1, 0.15) is 113 Å². The van der Waals surface area contributed by atoms with E-state index in [1.54, 1.807) is 0 Å². The Balaban J connectivity index is 1.24. The normalized spacial score (nSPS) is 49.7. The highest BCUT2D eigenvalue weighted by Gasteiger charge is 2.73. The van der Waals surface area contributed by atoms with E-state index in [0.717, 1.165) is 30.8 Å². The van der Waals surface area contributed by atoms with Crippen molar-refractivity contribution >= 4 is 5.97 Å². The standard InChI is InChI=1S/C36H62NO4/c1-31(2)16-18-36-19-17-34(6)24(29(36)30(31)40-23-36)10-11-26-33(5)14-13-27(41-28(39)22-37(8,9)20-21-38)32(3,4)25(33)12-15-35(26,34)7/h24-27,29-30,38H,10-23H2,1-9H3/q+1/t24?,25?,26?,27-,29?,30-,33-,34+,35+,36+/m0/s1. The smallest absolute Gasteiger partial charge is 0.362 e. The van der Waals surface area contributed by atoms with Crippen molar-refractivity contribution < 1.29 is 23.9 Å². The molecule has 0 aromatic heterocycles. The summed E-state index contributed by atoms with van der Waals surface area (Å²) in [4.78, 5) is 13.1. The number of ether oxygens (including phenoxy) is 2. The molecule has 4 unspecified atom stereocenters. The lowest BCUT2D eigenvalue weighted by Crippen LogP contribution is -2.68. The molecule has 10 atom stereocenters. The summed E-state index contributed by atoms with van der Waals surface area (Å²) >= 11 is 0. The predicted octanol–water partition coefficient (Wildman–Crippen LogP) is 6.86.